The van der Waals surface area contributed by atoms with Gasteiger partial charge >= 0.3 is 0 Å². The molecule has 2 atom stereocenters. The Bertz CT molecular complexity index is 422. The number of alkyl halides is 1. The SMILES string of the molecule is CS(=O)(=O)N1C[C@H](F)C[C@H]1C(=O)N1CCOCC1. The average molecular weight is 280 g/mol. The Labute approximate surface area is 106 Å². The van der Waals surface area contributed by atoms with Gasteiger partial charge in [-0.3, -0.25) is 4.79 Å². The number of sulfonamides is 1. The van der Waals surface area contributed by atoms with Crippen LogP contribution in [0.3, 0.4) is 0 Å². The van der Waals surface area contributed by atoms with Crippen LogP contribution < -0.4 is 0 Å². The number of nitrogens with zero attached hydrogens (tertiary/aromatic N) is 2. The first kappa shape index (κ1) is 13.7. The first-order valence-corrected chi connectivity index (χ1v) is 7.72. The molecule has 2 rings (SSSR count). The van der Waals surface area contributed by atoms with Gasteiger partial charge in [-0.05, 0) is 0 Å². The van der Waals surface area contributed by atoms with Gasteiger partial charge in [0, 0.05) is 26.1 Å². The van der Waals surface area contributed by atoms with Gasteiger partial charge in [0.1, 0.15) is 12.2 Å². The van der Waals surface area contributed by atoms with Gasteiger partial charge in [0.25, 0.3) is 0 Å². The minimum absolute atomic E-state index is 0.0523. The van der Waals surface area contributed by atoms with Crippen molar-refractivity contribution in [3.63, 3.8) is 0 Å². The number of rotatable bonds is 2. The van der Waals surface area contributed by atoms with E-state index in [1.807, 2.05) is 0 Å². The van der Waals surface area contributed by atoms with Crippen LogP contribution in [-0.2, 0) is 19.6 Å². The van der Waals surface area contributed by atoms with Crippen molar-refractivity contribution in [1.82, 2.24) is 9.21 Å². The molecular weight excluding hydrogens is 263 g/mol. The summed E-state index contributed by atoms with van der Waals surface area (Å²) in [6.07, 6.45) is -0.317. The second-order valence-corrected chi connectivity index (χ2v) is 6.55. The van der Waals surface area contributed by atoms with Gasteiger partial charge in [-0.25, -0.2) is 12.8 Å². The molecule has 0 N–H and O–H groups in total. The second kappa shape index (κ2) is 5.10. The lowest BCUT2D eigenvalue weighted by atomic mass is 10.2. The highest BCUT2D eigenvalue weighted by molar-refractivity contribution is 7.88. The fraction of sp³-hybridized carbons (Fsp3) is 0.900. The molecule has 2 fully saturated rings. The number of amides is 1. The molecule has 0 spiro atoms. The van der Waals surface area contributed by atoms with Crippen LogP contribution >= 0.6 is 0 Å². The summed E-state index contributed by atoms with van der Waals surface area (Å²) < 4.78 is 42.6. The highest BCUT2D eigenvalue weighted by Crippen LogP contribution is 2.25. The zero-order valence-corrected chi connectivity index (χ0v) is 11.0. The molecule has 1 amide bonds. The van der Waals surface area contributed by atoms with Gasteiger partial charge in [0.2, 0.25) is 15.9 Å². The maximum absolute atomic E-state index is 13.4. The molecule has 0 aromatic rings. The normalized spacial score (nSPS) is 30.7. The van der Waals surface area contributed by atoms with Crippen molar-refractivity contribution in [1.29, 1.82) is 0 Å². The molecule has 0 aromatic carbocycles. The van der Waals surface area contributed by atoms with E-state index in [2.05, 4.69) is 0 Å². The fourth-order valence-electron chi connectivity index (χ4n) is 2.34. The smallest absolute Gasteiger partial charge is 0.241 e. The van der Waals surface area contributed by atoms with Crippen LogP contribution in [0, 0.1) is 0 Å². The van der Waals surface area contributed by atoms with E-state index in [1.54, 1.807) is 4.90 Å². The van der Waals surface area contributed by atoms with Crippen LogP contribution in [0.4, 0.5) is 4.39 Å². The highest BCUT2D eigenvalue weighted by Gasteiger charge is 2.43. The molecule has 2 aliphatic heterocycles. The van der Waals surface area contributed by atoms with E-state index in [4.69, 9.17) is 4.74 Å². The van der Waals surface area contributed by atoms with E-state index in [-0.39, 0.29) is 18.9 Å². The third-order valence-corrected chi connectivity index (χ3v) is 4.49. The topological polar surface area (TPSA) is 66.9 Å². The van der Waals surface area contributed by atoms with Crippen molar-refractivity contribution < 1.29 is 22.3 Å². The first-order chi connectivity index (χ1) is 8.39. The third-order valence-electron chi connectivity index (χ3n) is 3.24. The summed E-state index contributed by atoms with van der Waals surface area (Å²) >= 11 is 0. The van der Waals surface area contributed by atoms with Gasteiger partial charge < -0.3 is 9.64 Å². The molecule has 0 unspecified atom stereocenters. The number of halogens is 1. The zero-order valence-electron chi connectivity index (χ0n) is 10.2. The second-order valence-electron chi connectivity index (χ2n) is 4.62. The molecule has 0 aromatic heterocycles. The van der Waals surface area contributed by atoms with E-state index in [1.165, 1.54) is 0 Å². The van der Waals surface area contributed by atoms with E-state index in [0.29, 0.717) is 26.3 Å². The Hall–Kier alpha value is -0.730. The number of morpholine rings is 1. The largest absolute Gasteiger partial charge is 0.378 e. The Morgan fingerprint density at radius 3 is 2.50 bits per heavy atom. The molecule has 2 saturated heterocycles. The number of ether oxygens (including phenoxy) is 1. The van der Waals surface area contributed by atoms with Crippen LogP contribution in [0.2, 0.25) is 0 Å². The van der Waals surface area contributed by atoms with Gasteiger partial charge in [-0.15, -0.1) is 0 Å². The van der Waals surface area contributed by atoms with Crippen molar-refractivity contribution in [3.8, 4) is 0 Å². The van der Waals surface area contributed by atoms with Crippen molar-refractivity contribution >= 4 is 15.9 Å². The maximum Gasteiger partial charge on any atom is 0.241 e. The summed E-state index contributed by atoms with van der Waals surface area (Å²) in [5.74, 6) is -0.316. The summed E-state index contributed by atoms with van der Waals surface area (Å²) in [7, 11) is -3.55. The van der Waals surface area contributed by atoms with E-state index >= 15 is 0 Å². The van der Waals surface area contributed by atoms with Gasteiger partial charge in [-0.1, -0.05) is 0 Å². The van der Waals surface area contributed by atoms with Crippen molar-refractivity contribution in [2.75, 3.05) is 39.1 Å². The van der Waals surface area contributed by atoms with Crippen molar-refractivity contribution in [3.05, 3.63) is 0 Å². The lowest BCUT2D eigenvalue weighted by Crippen LogP contribution is -2.50. The molecule has 0 aliphatic carbocycles. The monoisotopic (exact) mass is 280 g/mol. The molecule has 104 valence electrons. The Kier molecular flexibility index (Phi) is 3.88. The number of carbonyl (C=O) groups is 1. The quantitative estimate of drug-likeness (QED) is 0.665. The summed E-state index contributed by atoms with van der Waals surface area (Å²) in [6, 6.07) is -0.895. The molecule has 6 nitrogen and oxygen atoms in total. The molecule has 18 heavy (non-hydrogen) atoms. The summed E-state index contributed by atoms with van der Waals surface area (Å²) in [5.41, 5.74) is 0. The fourth-order valence-corrected chi connectivity index (χ4v) is 3.41. The number of hydrogen-bond acceptors (Lipinski definition) is 4. The summed E-state index contributed by atoms with van der Waals surface area (Å²) in [5, 5.41) is 0. The van der Waals surface area contributed by atoms with E-state index in [9.17, 15) is 17.6 Å². The van der Waals surface area contributed by atoms with Crippen molar-refractivity contribution in [2.24, 2.45) is 0 Å². The standard InChI is InChI=1S/C10H17FN2O4S/c1-18(15,16)13-7-8(11)6-9(13)10(14)12-2-4-17-5-3-12/h8-9H,2-7H2,1H3/t8-,9+/m1/s1. The summed E-state index contributed by atoms with van der Waals surface area (Å²) in [4.78, 5) is 13.7. The highest BCUT2D eigenvalue weighted by atomic mass is 32.2. The van der Waals surface area contributed by atoms with Crippen LogP contribution in [0.1, 0.15) is 6.42 Å². The minimum Gasteiger partial charge on any atom is -0.378 e. The van der Waals surface area contributed by atoms with Gasteiger partial charge in [0.05, 0.1) is 19.5 Å². The number of carbonyl (C=O) groups excluding carboxylic acids is 1. The third kappa shape index (κ3) is 2.81. The van der Waals surface area contributed by atoms with E-state index in [0.717, 1.165) is 10.6 Å². The van der Waals surface area contributed by atoms with Crippen LogP contribution in [0.25, 0.3) is 0 Å². The van der Waals surface area contributed by atoms with Crippen molar-refractivity contribution in [2.45, 2.75) is 18.6 Å². The van der Waals surface area contributed by atoms with E-state index < -0.39 is 22.2 Å². The lowest BCUT2D eigenvalue weighted by Gasteiger charge is -2.31. The summed E-state index contributed by atoms with van der Waals surface area (Å²) in [6.45, 7) is 1.53. The Morgan fingerprint density at radius 1 is 1.33 bits per heavy atom. The number of hydrogen-bond donors (Lipinski definition) is 0. The molecular formula is C10H17FN2O4S. The van der Waals surface area contributed by atoms with Crippen LogP contribution in [0.15, 0.2) is 0 Å². The predicted molar refractivity (Wildman–Crippen MR) is 62.2 cm³/mol. The minimum atomic E-state index is -3.55. The maximum atomic E-state index is 13.4. The molecule has 2 aliphatic rings. The van der Waals surface area contributed by atoms with Crippen LogP contribution in [0.5, 0.6) is 0 Å². The molecule has 0 bridgehead atoms. The first-order valence-electron chi connectivity index (χ1n) is 5.87. The van der Waals surface area contributed by atoms with Crippen LogP contribution in [-0.4, -0.2) is 74.8 Å². The predicted octanol–water partition coefficient (Wildman–Crippen LogP) is -0.783. The van der Waals surface area contributed by atoms with Gasteiger partial charge in [-0.2, -0.15) is 4.31 Å². The lowest BCUT2D eigenvalue weighted by molar-refractivity contribution is -0.138. The molecule has 0 radical (unpaired) electrons. The molecule has 2 heterocycles. The molecule has 0 saturated carbocycles. The van der Waals surface area contributed by atoms with Gasteiger partial charge in [0.15, 0.2) is 0 Å². The molecule has 8 heteroatoms. The Balaban J connectivity index is 2.12. The average Bonchev–Trinajstić information content (AvgIpc) is 2.71. The Morgan fingerprint density at radius 2 is 1.94 bits per heavy atom. The zero-order chi connectivity index (χ0) is 13.3.